The molecule has 20 heavy (non-hydrogen) atoms. The minimum absolute atomic E-state index is 0.0360. The molecule has 0 spiro atoms. The topological polar surface area (TPSA) is 97.1 Å². The minimum Gasteiger partial charge on any atom is -0.352 e. The van der Waals surface area contributed by atoms with Crippen LogP contribution in [0.15, 0.2) is 18.3 Å². The molecule has 1 heterocycles. The van der Waals surface area contributed by atoms with Crippen molar-refractivity contribution in [3.63, 3.8) is 0 Å². The largest absolute Gasteiger partial charge is 0.352 e. The molecule has 1 aliphatic carbocycles. The normalized spacial score (nSPS) is 13.1. The predicted molar refractivity (Wildman–Crippen MR) is 73.7 cm³/mol. The molecule has 0 saturated heterocycles. The van der Waals surface area contributed by atoms with Crippen LogP contribution in [-0.2, 0) is 4.79 Å². The van der Waals surface area contributed by atoms with Gasteiger partial charge in [0.1, 0.15) is 5.69 Å². The number of amides is 2. The molecule has 1 aromatic heterocycles. The highest BCUT2D eigenvalue weighted by Crippen LogP contribution is 2.18. The van der Waals surface area contributed by atoms with Crippen LogP contribution in [0.4, 0.5) is 0 Å². The van der Waals surface area contributed by atoms with Gasteiger partial charge in [0.05, 0.1) is 13.1 Å². The summed E-state index contributed by atoms with van der Waals surface area (Å²) in [5, 5.41) is 5.31. The summed E-state index contributed by atoms with van der Waals surface area (Å²) in [6, 6.07) is 3.54. The van der Waals surface area contributed by atoms with Crippen LogP contribution in [0.5, 0.6) is 0 Å². The van der Waals surface area contributed by atoms with Crippen LogP contribution in [0.3, 0.4) is 0 Å². The molecule has 1 saturated carbocycles. The van der Waals surface area contributed by atoms with E-state index in [0.717, 1.165) is 12.8 Å². The zero-order valence-electron chi connectivity index (χ0n) is 11.0. The van der Waals surface area contributed by atoms with Gasteiger partial charge in [0, 0.05) is 17.8 Å². The Morgan fingerprint density at radius 2 is 2.20 bits per heavy atom. The van der Waals surface area contributed by atoms with Gasteiger partial charge in [-0.3, -0.25) is 9.59 Å². The fraction of sp³-hybridized carbons (Fsp3) is 0.357. The second-order valence-corrected chi connectivity index (χ2v) is 4.46. The van der Waals surface area contributed by atoms with E-state index < -0.39 is 0 Å². The maximum absolute atomic E-state index is 11.8. The van der Waals surface area contributed by atoms with Gasteiger partial charge < -0.3 is 16.4 Å². The Kier molecular flexibility index (Phi) is 4.69. The van der Waals surface area contributed by atoms with Crippen molar-refractivity contribution < 1.29 is 9.59 Å². The summed E-state index contributed by atoms with van der Waals surface area (Å²) in [6.45, 7) is 0.240. The van der Waals surface area contributed by atoms with E-state index in [0.29, 0.717) is 5.56 Å². The molecule has 0 bridgehead atoms. The van der Waals surface area contributed by atoms with Crippen LogP contribution in [0.2, 0.25) is 0 Å². The van der Waals surface area contributed by atoms with E-state index >= 15 is 0 Å². The third-order valence-electron chi connectivity index (χ3n) is 2.68. The molecular formula is C14H16N4O2. The van der Waals surface area contributed by atoms with Gasteiger partial charge in [-0.05, 0) is 25.0 Å². The predicted octanol–water partition coefficient (Wildman–Crippen LogP) is -0.600. The lowest BCUT2D eigenvalue weighted by molar-refractivity contribution is -0.120. The van der Waals surface area contributed by atoms with Gasteiger partial charge in [0.15, 0.2) is 0 Å². The molecule has 0 unspecified atom stereocenters. The molecule has 1 fully saturated rings. The number of hydrogen-bond donors (Lipinski definition) is 3. The van der Waals surface area contributed by atoms with E-state index in [2.05, 4.69) is 27.5 Å². The zero-order chi connectivity index (χ0) is 14.4. The zero-order valence-corrected chi connectivity index (χ0v) is 11.0. The van der Waals surface area contributed by atoms with Gasteiger partial charge in [-0.25, -0.2) is 4.98 Å². The molecular weight excluding hydrogens is 256 g/mol. The smallest absolute Gasteiger partial charge is 0.270 e. The lowest BCUT2D eigenvalue weighted by atomic mass is 10.2. The number of aromatic nitrogens is 1. The van der Waals surface area contributed by atoms with Gasteiger partial charge >= 0.3 is 0 Å². The first kappa shape index (κ1) is 14.0. The standard InChI is InChI=1S/C14H16N4O2/c15-7-1-2-10-3-6-12(16-8-10)14(20)17-9-13(19)18-11-4-5-11/h3,6,8,11H,4-5,7,9,15H2,(H,17,20)(H,18,19). The molecule has 6 heteroatoms. The molecule has 2 amide bonds. The Balaban J connectivity index is 1.83. The number of rotatable bonds is 4. The van der Waals surface area contributed by atoms with Crippen molar-refractivity contribution >= 4 is 11.8 Å². The quantitative estimate of drug-likeness (QED) is 0.638. The summed E-state index contributed by atoms with van der Waals surface area (Å²) in [5.41, 5.74) is 6.21. The second-order valence-electron chi connectivity index (χ2n) is 4.46. The SMILES string of the molecule is NCC#Cc1ccc(C(=O)NCC(=O)NC2CC2)nc1. The molecule has 0 aromatic carbocycles. The lowest BCUT2D eigenvalue weighted by Gasteiger charge is -2.05. The molecule has 0 radical (unpaired) electrons. The summed E-state index contributed by atoms with van der Waals surface area (Å²) in [7, 11) is 0. The number of pyridine rings is 1. The molecule has 2 rings (SSSR count). The van der Waals surface area contributed by atoms with Gasteiger partial charge in [-0.1, -0.05) is 11.8 Å². The summed E-state index contributed by atoms with van der Waals surface area (Å²) in [6.07, 6.45) is 3.54. The number of nitrogens with one attached hydrogen (secondary N) is 2. The van der Waals surface area contributed by atoms with E-state index in [1.807, 2.05) is 0 Å². The van der Waals surface area contributed by atoms with Crippen LogP contribution in [0.25, 0.3) is 0 Å². The monoisotopic (exact) mass is 272 g/mol. The Hall–Kier alpha value is -2.39. The van der Waals surface area contributed by atoms with Crippen LogP contribution in [0, 0.1) is 11.8 Å². The first-order valence-corrected chi connectivity index (χ1v) is 6.41. The summed E-state index contributed by atoms with van der Waals surface area (Å²) in [4.78, 5) is 27.2. The molecule has 1 aromatic rings. The number of hydrogen-bond acceptors (Lipinski definition) is 4. The number of carbonyl (C=O) groups is 2. The fourth-order valence-corrected chi connectivity index (χ4v) is 1.51. The first-order chi connectivity index (χ1) is 9.69. The molecule has 4 N–H and O–H groups in total. The number of nitrogens with zero attached hydrogens (tertiary/aromatic N) is 1. The molecule has 6 nitrogen and oxygen atoms in total. The lowest BCUT2D eigenvalue weighted by Crippen LogP contribution is -2.38. The van der Waals surface area contributed by atoms with Crippen LogP contribution in [0.1, 0.15) is 28.9 Å². The third kappa shape index (κ3) is 4.37. The molecule has 104 valence electrons. The Labute approximate surface area is 117 Å². The number of nitrogens with two attached hydrogens (primary N) is 1. The molecule has 0 atom stereocenters. The highest BCUT2D eigenvalue weighted by Gasteiger charge is 2.23. The number of carbonyl (C=O) groups excluding carboxylic acids is 2. The van der Waals surface area contributed by atoms with Crippen molar-refractivity contribution in [3.05, 3.63) is 29.6 Å². The fourth-order valence-electron chi connectivity index (χ4n) is 1.51. The average Bonchev–Trinajstić information content (AvgIpc) is 3.27. The molecule has 0 aliphatic heterocycles. The van der Waals surface area contributed by atoms with Crippen molar-refractivity contribution in [2.75, 3.05) is 13.1 Å². The first-order valence-electron chi connectivity index (χ1n) is 6.41. The second kappa shape index (κ2) is 6.68. The van der Waals surface area contributed by atoms with Crippen LogP contribution >= 0.6 is 0 Å². The van der Waals surface area contributed by atoms with Crippen molar-refractivity contribution in [3.8, 4) is 11.8 Å². The maximum Gasteiger partial charge on any atom is 0.270 e. The Morgan fingerprint density at radius 1 is 1.40 bits per heavy atom. The Bertz CT molecular complexity index is 553. The van der Waals surface area contributed by atoms with Crippen molar-refractivity contribution in [1.29, 1.82) is 0 Å². The Morgan fingerprint density at radius 3 is 2.80 bits per heavy atom. The van der Waals surface area contributed by atoms with E-state index in [1.165, 1.54) is 6.20 Å². The summed E-state index contributed by atoms with van der Waals surface area (Å²) >= 11 is 0. The van der Waals surface area contributed by atoms with Crippen molar-refractivity contribution in [2.24, 2.45) is 5.73 Å². The van der Waals surface area contributed by atoms with Gasteiger partial charge in [0.25, 0.3) is 5.91 Å². The maximum atomic E-state index is 11.8. The van der Waals surface area contributed by atoms with Crippen molar-refractivity contribution in [2.45, 2.75) is 18.9 Å². The molecule has 1 aliphatic rings. The van der Waals surface area contributed by atoms with E-state index in [4.69, 9.17) is 5.73 Å². The van der Waals surface area contributed by atoms with Gasteiger partial charge in [-0.2, -0.15) is 0 Å². The minimum atomic E-state index is -0.380. The third-order valence-corrected chi connectivity index (χ3v) is 2.68. The summed E-state index contributed by atoms with van der Waals surface area (Å²) < 4.78 is 0. The van der Waals surface area contributed by atoms with Crippen molar-refractivity contribution in [1.82, 2.24) is 15.6 Å². The van der Waals surface area contributed by atoms with Crippen LogP contribution < -0.4 is 16.4 Å². The van der Waals surface area contributed by atoms with E-state index in [9.17, 15) is 9.59 Å². The highest BCUT2D eigenvalue weighted by atomic mass is 16.2. The van der Waals surface area contributed by atoms with Gasteiger partial charge in [-0.15, -0.1) is 0 Å². The highest BCUT2D eigenvalue weighted by molar-refractivity contribution is 5.94. The van der Waals surface area contributed by atoms with Crippen LogP contribution in [-0.4, -0.2) is 35.9 Å². The average molecular weight is 272 g/mol. The summed E-state index contributed by atoms with van der Waals surface area (Å²) in [5.74, 6) is 4.96. The van der Waals surface area contributed by atoms with E-state index in [-0.39, 0.29) is 36.6 Å². The van der Waals surface area contributed by atoms with E-state index in [1.54, 1.807) is 12.1 Å². The van der Waals surface area contributed by atoms with Gasteiger partial charge in [0.2, 0.25) is 5.91 Å².